The Hall–Kier alpha value is -2.54. The van der Waals surface area contributed by atoms with E-state index in [0.717, 1.165) is 0 Å². The van der Waals surface area contributed by atoms with E-state index in [2.05, 4.69) is 10.5 Å². The van der Waals surface area contributed by atoms with Gasteiger partial charge in [0.05, 0.1) is 6.54 Å². The van der Waals surface area contributed by atoms with E-state index in [1.807, 2.05) is 0 Å². The van der Waals surface area contributed by atoms with Crippen LogP contribution in [-0.2, 0) is 9.59 Å². The number of anilines is 1. The molecule has 1 unspecified atom stereocenters. The highest BCUT2D eigenvalue weighted by atomic mass is 35.5. The summed E-state index contributed by atoms with van der Waals surface area (Å²) in [4.78, 5) is 25.5. The van der Waals surface area contributed by atoms with Crippen LogP contribution >= 0.6 is 11.6 Å². The third kappa shape index (κ3) is 4.99. The van der Waals surface area contributed by atoms with Gasteiger partial charge < -0.3 is 19.5 Å². The number of carbonyl (C=O) groups excluding carboxylic acids is 2. The SMILES string of the molecule is Cc1cc(NC(=O)CN(C)C(=O)C(C)Oc2cccc(Cl)c2)no1. The zero-order valence-electron chi connectivity index (χ0n) is 13.6. The van der Waals surface area contributed by atoms with Gasteiger partial charge in [0.2, 0.25) is 5.91 Å². The minimum absolute atomic E-state index is 0.131. The molecule has 0 aliphatic carbocycles. The Labute approximate surface area is 144 Å². The lowest BCUT2D eigenvalue weighted by molar-refractivity contribution is -0.139. The molecule has 1 atom stereocenters. The van der Waals surface area contributed by atoms with Crippen molar-refractivity contribution in [2.45, 2.75) is 20.0 Å². The van der Waals surface area contributed by atoms with Crippen LogP contribution in [0.5, 0.6) is 5.75 Å². The highest BCUT2D eigenvalue weighted by Gasteiger charge is 2.21. The maximum atomic E-state index is 12.3. The van der Waals surface area contributed by atoms with Gasteiger partial charge in [-0.2, -0.15) is 0 Å². The van der Waals surface area contributed by atoms with Gasteiger partial charge in [0, 0.05) is 18.1 Å². The summed E-state index contributed by atoms with van der Waals surface area (Å²) in [6, 6.07) is 8.35. The number of aryl methyl sites for hydroxylation is 1. The topological polar surface area (TPSA) is 84.7 Å². The van der Waals surface area contributed by atoms with Crippen molar-refractivity contribution in [3.8, 4) is 5.75 Å². The highest BCUT2D eigenvalue weighted by Crippen LogP contribution is 2.18. The van der Waals surface area contributed by atoms with Crippen LogP contribution in [0.2, 0.25) is 5.02 Å². The Balaban J connectivity index is 1.87. The molecule has 0 saturated heterocycles. The lowest BCUT2D eigenvalue weighted by atomic mass is 10.3. The van der Waals surface area contributed by atoms with E-state index in [9.17, 15) is 9.59 Å². The minimum atomic E-state index is -0.754. The summed E-state index contributed by atoms with van der Waals surface area (Å²) in [7, 11) is 1.52. The van der Waals surface area contributed by atoms with Crippen molar-refractivity contribution in [2.24, 2.45) is 0 Å². The lowest BCUT2D eigenvalue weighted by Gasteiger charge is -2.21. The third-order valence-corrected chi connectivity index (χ3v) is 3.34. The van der Waals surface area contributed by atoms with Crippen molar-refractivity contribution < 1.29 is 18.8 Å². The molecule has 0 aliphatic rings. The number of nitrogens with zero attached hydrogens (tertiary/aromatic N) is 2. The molecule has 2 rings (SSSR count). The molecule has 2 amide bonds. The second-order valence-corrected chi connectivity index (χ2v) is 5.72. The van der Waals surface area contributed by atoms with Crippen LogP contribution in [0.25, 0.3) is 0 Å². The Kier molecular flexibility index (Phi) is 5.81. The van der Waals surface area contributed by atoms with Crippen LogP contribution in [0.15, 0.2) is 34.9 Å². The smallest absolute Gasteiger partial charge is 0.263 e. The van der Waals surface area contributed by atoms with Gasteiger partial charge in [-0.15, -0.1) is 0 Å². The van der Waals surface area contributed by atoms with Gasteiger partial charge in [0.1, 0.15) is 11.5 Å². The molecule has 7 nitrogen and oxygen atoms in total. The highest BCUT2D eigenvalue weighted by molar-refractivity contribution is 6.30. The standard InChI is InChI=1S/C16H18ClN3O4/c1-10-7-14(19-24-10)18-15(21)9-20(3)16(22)11(2)23-13-6-4-5-12(17)8-13/h4-8,11H,9H2,1-3H3,(H,18,19,21). The summed E-state index contributed by atoms with van der Waals surface area (Å²) in [5.74, 6) is 0.662. The van der Waals surface area contributed by atoms with Crippen LogP contribution in [-0.4, -0.2) is 41.6 Å². The molecule has 0 saturated carbocycles. The third-order valence-electron chi connectivity index (χ3n) is 3.11. The van der Waals surface area contributed by atoms with Crippen molar-refractivity contribution >= 4 is 29.2 Å². The minimum Gasteiger partial charge on any atom is -0.481 e. The second kappa shape index (κ2) is 7.83. The molecule has 1 N–H and O–H groups in total. The fraction of sp³-hybridized carbons (Fsp3) is 0.312. The summed E-state index contributed by atoms with van der Waals surface area (Å²) in [6.07, 6.45) is -0.754. The first kappa shape index (κ1) is 17.8. The molecular formula is C16H18ClN3O4. The van der Waals surface area contributed by atoms with E-state index in [-0.39, 0.29) is 18.4 Å². The van der Waals surface area contributed by atoms with Crippen LogP contribution in [0.3, 0.4) is 0 Å². The van der Waals surface area contributed by atoms with Gasteiger partial charge in [-0.1, -0.05) is 22.8 Å². The predicted molar refractivity (Wildman–Crippen MR) is 89.0 cm³/mol. The van der Waals surface area contributed by atoms with Gasteiger partial charge in [0.15, 0.2) is 11.9 Å². The van der Waals surface area contributed by atoms with E-state index in [1.54, 1.807) is 44.2 Å². The van der Waals surface area contributed by atoms with Crippen molar-refractivity contribution in [2.75, 3.05) is 18.9 Å². The van der Waals surface area contributed by atoms with Crippen LogP contribution in [0.4, 0.5) is 5.82 Å². The van der Waals surface area contributed by atoms with E-state index < -0.39 is 6.10 Å². The molecule has 8 heteroatoms. The van der Waals surface area contributed by atoms with Gasteiger partial charge in [-0.3, -0.25) is 9.59 Å². The summed E-state index contributed by atoms with van der Waals surface area (Å²) >= 11 is 5.88. The molecule has 128 valence electrons. The fourth-order valence-corrected chi connectivity index (χ4v) is 2.19. The number of hydrogen-bond acceptors (Lipinski definition) is 5. The molecule has 0 aliphatic heterocycles. The summed E-state index contributed by atoms with van der Waals surface area (Å²) in [5.41, 5.74) is 0. The molecule has 1 aromatic carbocycles. The van der Waals surface area contributed by atoms with E-state index >= 15 is 0 Å². The molecule has 0 spiro atoms. The van der Waals surface area contributed by atoms with Crippen molar-refractivity contribution in [1.29, 1.82) is 0 Å². The molecule has 0 fully saturated rings. The largest absolute Gasteiger partial charge is 0.481 e. The van der Waals surface area contributed by atoms with Gasteiger partial charge in [0.25, 0.3) is 5.91 Å². The second-order valence-electron chi connectivity index (χ2n) is 5.28. The number of rotatable bonds is 6. The summed E-state index contributed by atoms with van der Waals surface area (Å²) in [5, 5.41) is 6.72. The summed E-state index contributed by atoms with van der Waals surface area (Å²) < 4.78 is 10.4. The number of carbonyl (C=O) groups is 2. The number of ether oxygens (including phenoxy) is 1. The molecule has 1 aromatic heterocycles. The number of amides is 2. The van der Waals surface area contributed by atoms with E-state index in [4.69, 9.17) is 20.9 Å². The first-order chi connectivity index (χ1) is 11.3. The Morgan fingerprint density at radius 2 is 2.17 bits per heavy atom. The number of hydrogen-bond donors (Lipinski definition) is 1. The summed E-state index contributed by atoms with van der Waals surface area (Å²) in [6.45, 7) is 3.19. The number of halogens is 1. The zero-order valence-corrected chi connectivity index (χ0v) is 14.3. The van der Waals surface area contributed by atoms with Gasteiger partial charge >= 0.3 is 0 Å². The quantitative estimate of drug-likeness (QED) is 0.864. The van der Waals surface area contributed by atoms with Gasteiger partial charge in [-0.25, -0.2) is 0 Å². The van der Waals surface area contributed by atoms with Crippen LogP contribution in [0.1, 0.15) is 12.7 Å². The zero-order chi connectivity index (χ0) is 17.7. The normalized spacial score (nSPS) is 11.7. The molecule has 2 aromatic rings. The maximum absolute atomic E-state index is 12.3. The maximum Gasteiger partial charge on any atom is 0.263 e. The first-order valence-corrected chi connectivity index (χ1v) is 7.63. The molecule has 24 heavy (non-hydrogen) atoms. The monoisotopic (exact) mass is 351 g/mol. The van der Waals surface area contributed by atoms with Gasteiger partial charge in [-0.05, 0) is 32.0 Å². The van der Waals surface area contributed by atoms with Crippen LogP contribution < -0.4 is 10.1 Å². The van der Waals surface area contributed by atoms with Crippen molar-refractivity contribution in [1.82, 2.24) is 10.1 Å². The van der Waals surface area contributed by atoms with E-state index in [0.29, 0.717) is 22.4 Å². The van der Waals surface area contributed by atoms with E-state index in [1.165, 1.54) is 11.9 Å². The first-order valence-electron chi connectivity index (χ1n) is 7.25. The molecule has 1 heterocycles. The molecule has 0 bridgehead atoms. The average Bonchev–Trinajstić information content (AvgIpc) is 2.91. The number of benzene rings is 1. The predicted octanol–water partition coefficient (Wildman–Crippen LogP) is 2.50. The Bertz CT molecular complexity index is 732. The number of nitrogens with one attached hydrogen (secondary N) is 1. The van der Waals surface area contributed by atoms with Crippen molar-refractivity contribution in [3.63, 3.8) is 0 Å². The fourth-order valence-electron chi connectivity index (χ4n) is 2.01. The number of likely N-dealkylation sites (N-methyl/N-ethyl adjacent to an activating group) is 1. The molecular weight excluding hydrogens is 334 g/mol. The number of aromatic nitrogens is 1. The Morgan fingerprint density at radius 1 is 1.42 bits per heavy atom. The lowest BCUT2D eigenvalue weighted by Crippen LogP contribution is -2.42. The average molecular weight is 352 g/mol. The Morgan fingerprint density at radius 3 is 2.79 bits per heavy atom. The molecule has 0 radical (unpaired) electrons. The van der Waals surface area contributed by atoms with Crippen LogP contribution in [0, 0.1) is 6.92 Å². The van der Waals surface area contributed by atoms with Crippen molar-refractivity contribution in [3.05, 3.63) is 41.1 Å².